The predicted molar refractivity (Wildman–Crippen MR) is 45.7 cm³/mol. The van der Waals surface area contributed by atoms with E-state index >= 15 is 0 Å². The fourth-order valence-corrected chi connectivity index (χ4v) is 0.578. The smallest absolute Gasteiger partial charge is 0.407 e. The van der Waals surface area contributed by atoms with Crippen molar-refractivity contribution < 1.29 is 29.6 Å². The number of hydrogen-bond donors (Lipinski definition) is 0. The molecule has 0 aromatic carbocycles. The van der Waals surface area contributed by atoms with Gasteiger partial charge in [0.15, 0.2) is 5.69 Å². The van der Waals surface area contributed by atoms with Crippen LogP contribution in [0.5, 0.6) is 0 Å². The second-order valence-electron chi connectivity index (χ2n) is 2.41. The van der Waals surface area contributed by atoms with Crippen molar-refractivity contribution in [3.8, 4) is 0 Å². The maximum atomic E-state index is 10.6. The van der Waals surface area contributed by atoms with Gasteiger partial charge in [0, 0.05) is 14.1 Å². The molecule has 1 aromatic heterocycles. The van der Waals surface area contributed by atoms with Gasteiger partial charge in [-0.3, -0.25) is 4.79 Å². The van der Waals surface area contributed by atoms with Crippen LogP contribution in [0.15, 0.2) is 22.1 Å². The van der Waals surface area contributed by atoms with E-state index in [1.54, 1.807) is 17.3 Å². The number of hydrogen-bond acceptors (Lipinski definition) is 3. The monoisotopic (exact) mass is 188 g/mol. The van der Waals surface area contributed by atoms with Crippen molar-refractivity contribution in [2.75, 3.05) is 14.1 Å². The Bertz CT molecular complexity index is 333. The third kappa shape index (κ3) is 4.82. The van der Waals surface area contributed by atoms with Gasteiger partial charge in [-0.25, -0.2) is 4.99 Å². The summed E-state index contributed by atoms with van der Waals surface area (Å²) >= 11 is 0. The summed E-state index contributed by atoms with van der Waals surface area (Å²) in [6.45, 7) is 0. The van der Waals surface area contributed by atoms with Gasteiger partial charge in [-0.2, -0.15) is 0 Å². The summed E-state index contributed by atoms with van der Waals surface area (Å²) in [6, 6.07) is 1.57. The molecule has 6 heteroatoms. The fraction of sp³-hybridized carbons (Fsp3) is 0.286. The first kappa shape index (κ1) is 12.3. The van der Waals surface area contributed by atoms with Gasteiger partial charge in [0.05, 0.1) is 12.2 Å². The van der Waals surface area contributed by atoms with Crippen LogP contribution in [-0.2, 0) is 0 Å². The Kier molecular flexibility index (Phi) is 5.61. The van der Waals surface area contributed by atoms with E-state index in [2.05, 4.69) is 15.0 Å². The molecule has 0 amide bonds. The average molecular weight is 188 g/mol. The summed E-state index contributed by atoms with van der Waals surface area (Å²) in [5.41, 5.74) is -0.511. The Morgan fingerprint density at radius 3 is 2.85 bits per heavy atom. The summed E-state index contributed by atoms with van der Waals surface area (Å²) in [5.74, 6) is 0.378. The summed E-state index contributed by atoms with van der Waals surface area (Å²) in [4.78, 5) is 23.3. The Morgan fingerprint density at radius 1 is 1.62 bits per heavy atom. The van der Waals surface area contributed by atoms with Crippen molar-refractivity contribution in [3.05, 3.63) is 22.7 Å². The summed E-state index contributed by atoms with van der Waals surface area (Å²) in [7, 11) is 3.67. The minimum absolute atomic E-state index is 0. The van der Waals surface area contributed by atoms with E-state index in [9.17, 15) is 4.79 Å². The molecule has 0 bridgehead atoms. The van der Waals surface area contributed by atoms with Gasteiger partial charge in [-0.05, 0) is 6.07 Å². The Hall–Kier alpha value is -0.650. The van der Waals surface area contributed by atoms with Crippen LogP contribution >= 0.6 is 0 Å². The number of aromatic nitrogens is 2. The van der Waals surface area contributed by atoms with E-state index in [-0.39, 0.29) is 29.6 Å². The van der Waals surface area contributed by atoms with Crippen LogP contribution in [0, 0.1) is 0 Å². The van der Waals surface area contributed by atoms with E-state index in [0.29, 0.717) is 5.82 Å². The number of rotatable bonds is 2. The van der Waals surface area contributed by atoms with Crippen LogP contribution in [-0.4, -0.2) is 30.3 Å². The van der Waals surface area contributed by atoms with E-state index in [1.807, 2.05) is 14.1 Å². The Morgan fingerprint density at radius 2 is 2.31 bits per heavy atom. The van der Waals surface area contributed by atoms with Crippen LogP contribution in [0.1, 0.15) is 0 Å². The maximum Gasteiger partial charge on any atom is 1.00 e. The molecule has 0 saturated heterocycles. The van der Waals surface area contributed by atoms with E-state index in [4.69, 9.17) is 0 Å². The largest absolute Gasteiger partial charge is 1.00 e. The molecule has 5 nitrogen and oxygen atoms in total. The van der Waals surface area contributed by atoms with E-state index < -0.39 is 5.69 Å². The van der Waals surface area contributed by atoms with Gasteiger partial charge in [0.1, 0.15) is 0 Å². The van der Waals surface area contributed by atoms with Gasteiger partial charge in [-0.1, -0.05) is 6.20 Å². The molecule has 0 atom stereocenters. The molecule has 0 aliphatic rings. The minimum Gasteiger partial charge on any atom is -0.407 e. The zero-order valence-corrected chi connectivity index (χ0v) is 9.93. The molecule has 0 radical (unpaired) electrons. The van der Waals surface area contributed by atoms with Crippen LogP contribution in [0.4, 0.5) is 5.82 Å². The zero-order valence-electron chi connectivity index (χ0n) is 7.93. The van der Waals surface area contributed by atoms with Crippen LogP contribution in [0.2, 0.25) is 0 Å². The second-order valence-corrected chi connectivity index (χ2v) is 2.41. The first-order valence-corrected chi connectivity index (χ1v) is 3.39. The molecular formula is C7H9N4NaO. The summed E-state index contributed by atoms with van der Waals surface area (Å²) in [6.07, 6.45) is 2.96. The van der Waals surface area contributed by atoms with Crippen molar-refractivity contribution >= 4 is 12.2 Å². The molecule has 0 saturated carbocycles. The molecule has 13 heavy (non-hydrogen) atoms. The molecule has 0 aliphatic heterocycles. The molecule has 0 N–H and O–H groups in total. The Balaban J connectivity index is 0.00000144. The molecule has 1 rings (SSSR count). The molecule has 1 heterocycles. The molecule has 0 unspecified atom stereocenters. The van der Waals surface area contributed by atoms with Crippen molar-refractivity contribution in [1.29, 1.82) is 0 Å². The molecule has 0 aliphatic carbocycles. The third-order valence-corrected chi connectivity index (χ3v) is 1.04. The SMILES string of the molecule is CN(C)C=Nc1cc[n-]c(=O)n1.[Na+]. The van der Waals surface area contributed by atoms with Gasteiger partial charge < -0.3 is 14.9 Å². The molecular weight excluding hydrogens is 179 g/mol. The summed E-state index contributed by atoms with van der Waals surface area (Å²) < 4.78 is 0. The molecule has 64 valence electrons. The van der Waals surface area contributed by atoms with Crippen molar-refractivity contribution in [2.45, 2.75) is 0 Å². The maximum absolute atomic E-state index is 10.6. The van der Waals surface area contributed by atoms with Crippen LogP contribution in [0.25, 0.3) is 0 Å². The van der Waals surface area contributed by atoms with Gasteiger partial charge >= 0.3 is 29.6 Å². The third-order valence-electron chi connectivity index (χ3n) is 1.04. The minimum atomic E-state index is -0.511. The van der Waals surface area contributed by atoms with Crippen molar-refractivity contribution in [3.63, 3.8) is 0 Å². The van der Waals surface area contributed by atoms with Gasteiger partial charge in [0.25, 0.3) is 0 Å². The van der Waals surface area contributed by atoms with Gasteiger partial charge in [0.2, 0.25) is 0 Å². The standard InChI is InChI=1S/C7H10N4O.Na/c1-11(2)5-9-6-3-4-8-7(12)10-6;/h3-5H,1-2H3,(H,8,10,12);/q;+1/p-1. The van der Waals surface area contributed by atoms with Crippen molar-refractivity contribution in [2.24, 2.45) is 4.99 Å². The topological polar surface area (TPSA) is 59.7 Å². The number of aliphatic imine (C=N–C) groups is 1. The first-order chi connectivity index (χ1) is 5.68. The Labute approximate surface area is 98.2 Å². The van der Waals surface area contributed by atoms with Crippen molar-refractivity contribution in [1.82, 2.24) is 14.9 Å². The van der Waals surface area contributed by atoms with E-state index in [1.165, 1.54) is 6.20 Å². The normalized spacial score (nSPS) is 9.69. The van der Waals surface area contributed by atoms with Crippen LogP contribution in [0.3, 0.4) is 0 Å². The quantitative estimate of drug-likeness (QED) is 0.276. The molecule has 0 spiro atoms. The zero-order chi connectivity index (χ0) is 8.97. The average Bonchev–Trinajstić information content (AvgIpc) is 2.01. The molecule has 0 fully saturated rings. The van der Waals surface area contributed by atoms with E-state index in [0.717, 1.165) is 0 Å². The van der Waals surface area contributed by atoms with Crippen LogP contribution < -0.4 is 40.2 Å². The summed E-state index contributed by atoms with van der Waals surface area (Å²) in [5, 5.41) is 0. The molecule has 1 aromatic rings. The first-order valence-electron chi connectivity index (χ1n) is 3.39. The number of nitrogens with zero attached hydrogens (tertiary/aromatic N) is 4. The second kappa shape index (κ2) is 5.90. The predicted octanol–water partition coefficient (Wildman–Crippen LogP) is -3.38. The van der Waals surface area contributed by atoms with Gasteiger partial charge in [-0.15, -0.1) is 0 Å². The fourth-order valence-electron chi connectivity index (χ4n) is 0.578.